The molecule has 2 aromatic carbocycles. The maximum Gasteiger partial charge on any atom is 0.185 e. The SMILES string of the molecule is CC(=O)SCC[C@@H]1OCC[C@@]2(S(=O)c3ccc(Cl)cc3)c3c(F)ccc(F)c3OCC12. The van der Waals surface area contributed by atoms with Gasteiger partial charge in [0.05, 0.1) is 33.8 Å². The molecular weight excluding hydrogens is 466 g/mol. The molecule has 0 radical (unpaired) electrons. The van der Waals surface area contributed by atoms with Crippen molar-refractivity contribution in [1.29, 1.82) is 0 Å². The standard InChI is InChI=1S/C22H21ClF2O4S2/c1-13(26)30-11-8-19-16-12-29-21-18(25)7-6-17(24)20(21)22(16,9-10-28-19)31(27)15-4-2-14(23)3-5-15/h2-7,16,19H,8-12H2,1H3/t16?,19-,22-,31?/m0/s1. The van der Waals surface area contributed by atoms with E-state index in [0.717, 1.165) is 12.1 Å². The van der Waals surface area contributed by atoms with E-state index in [1.165, 1.54) is 18.7 Å². The van der Waals surface area contributed by atoms with Gasteiger partial charge in [-0.3, -0.25) is 9.00 Å². The number of carbonyl (C=O) groups excluding carboxylic acids is 1. The summed E-state index contributed by atoms with van der Waals surface area (Å²) in [5.41, 5.74) is 0.00422. The molecule has 0 aromatic heterocycles. The molecule has 0 bridgehead atoms. The Hall–Kier alpha value is -1.48. The van der Waals surface area contributed by atoms with E-state index in [4.69, 9.17) is 21.1 Å². The Labute approximate surface area is 191 Å². The molecule has 1 saturated heterocycles. The lowest BCUT2D eigenvalue weighted by Crippen LogP contribution is -2.56. The minimum atomic E-state index is -1.73. The number of thioether (sulfide) groups is 1. The molecule has 4 nitrogen and oxygen atoms in total. The van der Waals surface area contributed by atoms with Gasteiger partial charge in [0.25, 0.3) is 0 Å². The van der Waals surface area contributed by atoms with E-state index in [1.807, 2.05) is 0 Å². The fourth-order valence-corrected chi connectivity index (χ4v) is 7.16. The number of benzene rings is 2. The van der Waals surface area contributed by atoms with Gasteiger partial charge < -0.3 is 9.47 Å². The molecule has 2 aliphatic rings. The van der Waals surface area contributed by atoms with E-state index in [9.17, 15) is 13.4 Å². The molecule has 4 rings (SSSR count). The molecule has 0 saturated carbocycles. The zero-order chi connectivity index (χ0) is 22.2. The van der Waals surface area contributed by atoms with Crippen LogP contribution in [0, 0.1) is 17.6 Å². The molecule has 2 unspecified atom stereocenters. The van der Waals surface area contributed by atoms with Crippen LogP contribution >= 0.6 is 23.4 Å². The van der Waals surface area contributed by atoms with Gasteiger partial charge >= 0.3 is 0 Å². The van der Waals surface area contributed by atoms with Crippen molar-refractivity contribution in [2.24, 2.45) is 5.92 Å². The Morgan fingerprint density at radius 1 is 1.23 bits per heavy atom. The number of hydrogen-bond donors (Lipinski definition) is 0. The predicted molar refractivity (Wildman–Crippen MR) is 117 cm³/mol. The van der Waals surface area contributed by atoms with Crippen molar-refractivity contribution in [2.45, 2.75) is 35.5 Å². The van der Waals surface area contributed by atoms with E-state index in [1.54, 1.807) is 24.3 Å². The van der Waals surface area contributed by atoms with Crippen LogP contribution < -0.4 is 4.74 Å². The summed E-state index contributed by atoms with van der Waals surface area (Å²) in [7, 11) is -1.73. The third kappa shape index (κ3) is 4.15. The highest BCUT2D eigenvalue weighted by molar-refractivity contribution is 8.13. The number of carbonyl (C=O) groups is 1. The van der Waals surface area contributed by atoms with E-state index in [2.05, 4.69) is 0 Å². The van der Waals surface area contributed by atoms with Crippen LogP contribution in [0.2, 0.25) is 5.02 Å². The molecule has 2 heterocycles. The van der Waals surface area contributed by atoms with Crippen LogP contribution in [0.3, 0.4) is 0 Å². The summed E-state index contributed by atoms with van der Waals surface area (Å²) in [6.07, 6.45) is 0.344. The van der Waals surface area contributed by atoms with E-state index < -0.39 is 39.2 Å². The Morgan fingerprint density at radius 2 is 1.94 bits per heavy atom. The molecule has 1 fully saturated rings. The second kappa shape index (κ2) is 9.17. The zero-order valence-corrected chi connectivity index (χ0v) is 19.1. The normalized spacial score (nSPS) is 25.8. The smallest absolute Gasteiger partial charge is 0.185 e. The van der Waals surface area contributed by atoms with Crippen molar-refractivity contribution in [3.63, 3.8) is 0 Å². The second-order valence-corrected chi connectivity index (χ2v) is 11.0. The molecule has 4 atom stereocenters. The Balaban J connectivity index is 1.83. The van der Waals surface area contributed by atoms with Gasteiger partial charge in [0.15, 0.2) is 16.7 Å². The topological polar surface area (TPSA) is 52.6 Å². The van der Waals surface area contributed by atoms with Crippen LogP contribution in [0.25, 0.3) is 0 Å². The number of rotatable bonds is 5. The first-order valence-corrected chi connectivity index (χ1v) is 12.4. The lowest BCUT2D eigenvalue weighted by Gasteiger charge is -2.50. The van der Waals surface area contributed by atoms with Crippen LogP contribution in [0.4, 0.5) is 8.78 Å². The van der Waals surface area contributed by atoms with E-state index in [-0.39, 0.29) is 36.1 Å². The molecule has 2 aromatic rings. The van der Waals surface area contributed by atoms with Crippen molar-refractivity contribution in [3.8, 4) is 5.75 Å². The zero-order valence-electron chi connectivity index (χ0n) is 16.7. The highest BCUT2D eigenvalue weighted by Crippen LogP contribution is 2.54. The number of fused-ring (bicyclic) bond motifs is 3. The quantitative estimate of drug-likeness (QED) is 0.589. The highest BCUT2D eigenvalue weighted by atomic mass is 35.5. The van der Waals surface area contributed by atoms with Gasteiger partial charge in [0.1, 0.15) is 5.82 Å². The first kappa shape index (κ1) is 22.7. The summed E-state index contributed by atoms with van der Waals surface area (Å²) < 4.78 is 54.2. The average Bonchev–Trinajstić information content (AvgIpc) is 2.75. The van der Waals surface area contributed by atoms with Crippen LogP contribution in [-0.2, 0) is 25.1 Å². The summed E-state index contributed by atoms with van der Waals surface area (Å²) in [5, 5.41) is 0.482. The molecule has 0 aliphatic carbocycles. The maximum absolute atomic E-state index is 15.2. The molecule has 0 spiro atoms. The summed E-state index contributed by atoms with van der Waals surface area (Å²) in [6, 6.07) is 8.62. The maximum atomic E-state index is 15.2. The van der Waals surface area contributed by atoms with Gasteiger partial charge in [-0.25, -0.2) is 8.78 Å². The lowest BCUT2D eigenvalue weighted by molar-refractivity contribution is -0.109. The van der Waals surface area contributed by atoms with Crippen LogP contribution in [0.5, 0.6) is 5.75 Å². The minimum Gasteiger partial charge on any atom is -0.490 e. The fourth-order valence-electron chi connectivity index (χ4n) is 4.45. The van der Waals surface area contributed by atoms with Gasteiger partial charge in [-0.2, -0.15) is 0 Å². The third-order valence-corrected chi connectivity index (χ3v) is 8.98. The Kier molecular flexibility index (Phi) is 6.72. The minimum absolute atomic E-state index is 0.00422. The Morgan fingerprint density at radius 3 is 2.65 bits per heavy atom. The molecular formula is C22H21ClF2O4S2. The first-order chi connectivity index (χ1) is 14.8. The molecule has 9 heteroatoms. The van der Waals surface area contributed by atoms with Crippen molar-refractivity contribution in [1.82, 2.24) is 0 Å². The number of halogens is 3. The highest BCUT2D eigenvalue weighted by Gasteiger charge is 2.57. The largest absolute Gasteiger partial charge is 0.490 e. The molecule has 2 aliphatic heterocycles. The van der Waals surface area contributed by atoms with Crippen LogP contribution in [0.1, 0.15) is 25.3 Å². The predicted octanol–water partition coefficient (Wildman–Crippen LogP) is 5.09. The summed E-state index contributed by atoms with van der Waals surface area (Å²) in [6.45, 7) is 1.77. The summed E-state index contributed by atoms with van der Waals surface area (Å²) in [5.74, 6) is -1.48. The van der Waals surface area contributed by atoms with Gasteiger partial charge in [-0.05, 0) is 49.2 Å². The van der Waals surface area contributed by atoms with Crippen molar-refractivity contribution in [3.05, 3.63) is 58.6 Å². The van der Waals surface area contributed by atoms with Crippen molar-refractivity contribution < 1.29 is 27.3 Å². The van der Waals surface area contributed by atoms with E-state index in [0.29, 0.717) is 22.1 Å². The lowest BCUT2D eigenvalue weighted by atomic mass is 9.75. The van der Waals surface area contributed by atoms with Gasteiger partial charge in [0.2, 0.25) is 0 Å². The van der Waals surface area contributed by atoms with Gasteiger partial charge in [-0.15, -0.1) is 0 Å². The molecule has 166 valence electrons. The first-order valence-electron chi connectivity index (χ1n) is 9.88. The van der Waals surface area contributed by atoms with Gasteiger partial charge in [0, 0.05) is 35.1 Å². The van der Waals surface area contributed by atoms with Crippen LogP contribution in [-0.4, -0.2) is 34.4 Å². The van der Waals surface area contributed by atoms with Crippen molar-refractivity contribution >= 4 is 39.3 Å². The van der Waals surface area contributed by atoms with Crippen LogP contribution in [0.15, 0.2) is 41.3 Å². The number of ether oxygens (including phenoxy) is 2. The fraction of sp³-hybridized carbons (Fsp3) is 0.409. The molecule has 0 amide bonds. The summed E-state index contributed by atoms with van der Waals surface area (Å²) >= 11 is 7.17. The number of hydrogen-bond acceptors (Lipinski definition) is 5. The monoisotopic (exact) mass is 486 g/mol. The molecule has 0 N–H and O–H groups in total. The van der Waals surface area contributed by atoms with E-state index >= 15 is 4.39 Å². The third-order valence-electron chi connectivity index (χ3n) is 5.81. The van der Waals surface area contributed by atoms with Gasteiger partial charge in [-0.1, -0.05) is 23.4 Å². The van der Waals surface area contributed by atoms with Crippen molar-refractivity contribution in [2.75, 3.05) is 19.0 Å². The average molecular weight is 487 g/mol. The molecule has 31 heavy (non-hydrogen) atoms. The Bertz CT molecular complexity index is 1020. The second-order valence-electron chi connectivity index (χ2n) is 7.55. The summed E-state index contributed by atoms with van der Waals surface area (Å²) in [4.78, 5) is 11.8.